The molecular weight excluding hydrogens is 1370 g/mol. The van der Waals surface area contributed by atoms with Crippen LogP contribution in [0.5, 0.6) is 17.2 Å². The van der Waals surface area contributed by atoms with Crippen molar-refractivity contribution in [3.05, 3.63) is 249 Å². The second-order valence-electron chi connectivity index (χ2n) is 21.7. The van der Waals surface area contributed by atoms with E-state index < -0.39 is 80.7 Å². The Kier molecular flexibility index (Phi) is 25.0. The number of hydrogen-bond acceptors (Lipinski definition) is 15. The largest absolute Gasteiger partial charge is 0.506 e. The molecule has 9 aromatic carbocycles. The average molecular weight is 1430 g/mol. The van der Waals surface area contributed by atoms with Gasteiger partial charge in [-0.3, -0.25) is 28.8 Å². The molecule has 3 atom stereocenters. The third kappa shape index (κ3) is 19.1. The Labute approximate surface area is 575 Å². The fourth-order valence-corrected chi connectivity index (χ4v) is 14.0. The summed E-state index contributed by atoms with van der Waals surface area (Å²) in [6.45, 7) is 9.48. The maximum atomic E-state index is 13.0. The Bertz CT molecular complexity index is 4590. The van der Waals surface area contributed by atoms with Gasteiger partial charge >= 0.3 is 0 Å². The van der Waals surface area contributed by atoms with Crippen molar-refractivity contribution in [2.75, 3.05) is 31.9 Å². The molecule has 9 aromatic rings. The van der Waals surface area contributed by atoms with Crippen molar-refractivity contribution in [1.82, 2.24) is 0 Å². The van der Waals surface area contributed by atoms with Crippen LogP contribution in [-0.4, -0.2) is 91.8 Å². The van der Waals surface area contributed by atoms with Gasteiger partial charge in [-0.05, 0) is 143 Å². The van der Waals surface area contributed by atoms with Gasteiger partial charge in [-0.15, -0.1) is 0 Å². The van der Waals surface area contributed by atoms with Crippen LogP contribution in [-0.2, 0) is 43.9 Å². The van der Waals surface area contributed by atoms with Crippen molar-refractivity contribution in [2.45, 2.75) is 78.4 Å². The molecule has 0 spiro atoms. The number of phenols is 3. The summed E-state index contributed by atoms with van der Waals surface area (Å²) in [4.78, 5) is 75.1. The highest BCUT2D eigenvalue weighted by molar-refractivity contribution is 7.93. The number of nitrogens with one attached hydrogen (secondary N) is 6. The second-order valence-corrected chi connectivity index (χ2v) is 29.6. The monoisotopic (exact) mass is 1430 g/mol. The quantitative estimate of drug-likeness (QED) is 0.0340. The molecule has 21 nitrogen and oxygen atoms in total. The van der Waals surface area contributed by atoms with Crippen molar-refractivity contribution < 1.29 is 69.3 Å². The molecule has 97 heavy (non-hydrogen) atoms. The highest BCUT2D eigenvalue weighted by atomic mass is 35.5. The van der Waals surface area contributed by atoms with Gasteiger partial charge in [0.2, 0.25) is 17.7 Å². The number of anilines is 6. The molecule has 6 amide bonds. The number of benzene rings is 9. The average Bonchev–Trinajstić information content (AvgIpc) is 0.821. The Morgan fingerprint density at radius 2 is 0.660 bits per heavy atom. The predicted octanol–water partition coefficient (Wildman–Crippen LogP) is 13.6. The molecular formula is C70H65Cl3N6O15S3. The fourth-order valence-electron chi connectivity index (χ4n) is 9.02. The number of carbonyl (C=O) groups excluding carboxylic acids is 6. The summed E-state index contributed by atoms with van der Waals surface area (Å²) in [5, 5.41) is 41.8. The molecule has 9 rings (SSSR count). The van der Waals surface area contributed by atoms with E-state index in [-0.39, 0.29) is 87.5 Å². The Morgan fingerprint density at radius 1 is 0.351 bits per heavy atom. The van der Waals surface area contributed by atoms with Gasteiger partial charge in [0.25, 0.3) is 17.7 Å². The van der Waals surface area contributed by atoms with E-state index in [0.717, 1.165) is 34.9 Å². The second kappa shape index (κ2) is 32.6. The summed E-state index contributed by atoms with van der Waals surface area (Å²) in [5.41, 5.74) is 3.73. The molecule has 0 saturated carbocycles. The summed E-state index contributed by atoms with van der Waals surface area (Å²) in [6, 6.07) is 51.2. The molecule has 0 aliphatic carbocycles. The van der Waals surface area contributed by atoms with E-state index in [9.17, 15) is 69.3 Å². The molecule has 3 unspecified atom stereocenters. The molecule has 0 aromatic heterocycles. The topological polar surface area (TPSA) is 338 Å². The van der Waals surface area contributed by atoms with Gasteiger partial charge < -0.3 is 47.2 Å². The Morgan fingerprint density at radius 3 is 0.959 bits per heavy atom. The molecule has 0 radical (unpaired) electrons. The van der Waals surface area contributed by atoms with Crippen LogP contribution in [0.3, 0.4) is 0 Å². The van der Waals surface area contributed by atoms with Crippen molar-refractivity contribution in [3.63, 3.8) is 0 Å². The number of phenolic OH excluding ortho intramolecular Hbond substituents is 3. The molecule has 0 fully saturated rings. The minimum absolute atomic E-state index is 0.0122. The molecule has 0 heterocycles. The third-order valence-corrected chi connectivity index (χ3v) is 21.9. The van der Waals surface area contributed by atoms with Crippen LogP contribution in [0.4, 0.5) is 34.1 Å². The first kappa shape index (κ1) is 74.3. The lowest BCUT2D eigenvalue weighted by atomic mass is 10.2. The van der Waals surface area contributed by atoms with Crippen LogP contribution in [0.25, 0.3) is 0 Å². The van der Waals surface area contributed by atoms with E-state index in [0.29, 0.717) is 16.7 Å². The van der Waals surface area contributed by atoms with Crippen LogP contribution in [0.15, 0.2) is 215 Å². The van der Waals surface area contributed by atoms with Gasteiger partial charge in [0.05, 0.1) is 63.9 Å². The Hall–Kier alpha value is -10.1. The van der Waals surface area contributed by atoms with Gasteiger partial charge in [-0.2, -0.15) is 0 Å². The highest BCUT2D eigenvalue weighted by Gasteiger charge is 2.35. The maximum absolute atomic E-state index is 13.0. The van der Waals surface area contributed by atoms with E-state index in [1.54, 1.807) is 148 Å². The summed E-state index contributed by atoms with van der Waals surface area (Å²) >= 11 is 18.7. The molecule has 27 heteroatoms. The smallest absolute Gasteiger partial charge is 0.255 e. The summed E-state index contributed by atoms with van der Waals surface area (Å²) < 4.78 is 77.1. The number of hydrogen-bond donors (Lipinski definition) is 9. The fraction of sp³-hybridized carbons (Fsp3) is 0.143. The number of rotatable bonds is 19. The number of amides is 6. The SMILES string of the molecule is CCC(C(=O)Nc1cc(O)c(NC(=O)c2ccccc2)cc1Cl)S(=O)(=O)c1ccc(C)cc1.Cc1cccc(S(=O)(=O)C(C)C(=O)Nc2cc(O)c(NC(=O)c3ccccc3)cc2Cl)c1.Cc1cccc(S(=O)(=O)C(C)C(=O)Nc2cc(O)c(NC(=O)c3ccccc3)cc2Cl)c1. The van der Waals surface area contributed by atoms with Gasteiger partial charge in [-0.1, -0.05) is 138 Å². The van der Waals surface area contributed by atoms with Crippen LogP contribution in [0.1, 0.15) is 75.0 Å². The van der Waals surface area contributed by atoms with Crippen molar-refractivity contribution in [3.8, 4) is 17.2 Å². The first-order chi connectivity index (χ1) is 45.8. The predicted molar refractivity (Wildman–Crippen MR) is 377 cm³/mol. The molecule has 9 N–H and O–H groups in total. The zero-order valence-corrected chi connectivity index (χ0v) is 57.3. The van der Waals surface area contributed by atoms with Crippen LogP contribution < -0.4 is 31.9 Å². The summed E-state index contributed by atoms with van der Waals surface area (Å²) in [5.74, 6) is -4.78. The van der Waals surface area contributed by atoms with E-state index >= 15 is 0 Å². The Balaban J connectivity index is 0.000000205. The lowest BCUT2D eigenvalue weighted by molar-refractivity contribution is -0.116. The standard InChI is InChI=1S/C24H23ClN2O5S.2C23H21ClN2O5S/c1-3-22(33(31,32)17-11-9-15(2)10-12-17)24(30)26-19-14-21(28)20(13-18(19)25)27-23(29)16-7-5-4-6-8-16;2*1-14-7-6-10-17(11-14)32(30,31)15(2)22(28)25-19-13-21(27)20(12-18(19)24)26-23(29)16-8-4-3-5-9-16/h4-14,22,28H,3H2,1-2H3,(H,26,30)(H,27,29);2*3-13,15,27H,1-2H3,(H,25,28)(H,26,29). The molecule has 504 valence electrons. The van der Waals surface area contributed by atoms with Crippen LogP contribution in [0.2, 0.25) is 15.1 Å². The van der Waals surface area contributed by atoms with Crippen molar-refractivity contribution in [2.24, 2.45) is 0 Å². The summed E-state index contributed by atoms with van der Waals surface area (Å²) in [7, 11) is -11.8. The lowest BCUT2D eigenvalue weighted by Crippen LogP contribution is -2.34. The van der Waals surface area contributed by atoms with Gasteiger partial charge in [0.1, 0.15) is 33.0 Å². The first-order valence-electron chi connectivity index (χ1n) is 29.3. The summed E-state index contributed by atoms with van der Waals surface area (Å²) in [6.07, 6.45) is 0.0386. The van der Waals surface area contributed by atoms with Gasteiger partial charge in [-0.25, -0.2) is 25.3 Å². The van der Waals surface area contributed by atoms with Crippen LogP contribution in [0, 0.1) is 20.8 Å². The number of aromatic hydroxyl groups is 3. The first-order valence-corrected chi connectivity index (χ1v) is 35.1. The van der Waals surface area contributed by atoms with Crippen molar-refractivity contribution in [1.29, 1.82) is 0 Å². The van der Waals surface area contributed by atoms with Crippen molar-refractivity contribution >= 4 is 134 Å². The molecule has 0 aliphatic rings. The van der Waals surface area contributed by atoms with E-state index in [4.69, 9.17) is 34.8 Å². The molecule has 0 aliphatic heterocycles. The van der Waals surface area contributed by atoms with E-state index in [2.05, 4.69) is 31.9 Å². The normalized spacial score (nSPS) is 12.1. The van der Waals surface area contributed by atoms with E-state index in [1.807, 2.05) is 6.92 Å². The number of carbonyl (C=O) groups is 6. The zero-order valence-electron chi connectivity index (χ0n) is 52.6. The minimum Gasteiger partial charge on any atom is -0.506 e. The third-order valence-electron chi connectivity index (χ3n) is 14.6. The number of aryl methyl sites for hydroxylation is 3. The van der Waals surface area contributed by atoms with E-state index in [1.165, 1.54) is 68.4 Å². The molecule has 0 bridgehead atoms. The van der Waals surface area contributed by atoms with Crippen LogP contribution >= 0.6 is 34.8 Å². The minimum atomic E-state index is -3.94. The maximum Gasteiger partial charge on any atom is 0.255 e. The number of sulfone groups is 3. The van der Waals surface area contributed by atoms with Gasteiger partial charge in [0, 0.05) is 34.9 Å². The lowest BCUT2D eigenvalue weighted by Gasteiger charge is -2.17. The molecule has 0 saturated heterocycles. The van der Waals surface area contributed by atoms with Gasteiger partial charge in [0.15, 0.2) is 29.5 Å². The highest BCUT2D eigenvalue weighted by Crippen LogP contribution is 2.38. The zero-order chi connectivity index (χ0) is 71.1. The number of halogens is 3.